The highest BCUT2D eigenvalue weighted by Gasteiger charge is 2.33. The Morgan fingerprint density at radius 1 is 1.32 bits per heavy atom. The van der Waals surface area contributed by atoms with Gasteiger partial charge in [0.2, 0.25) is 5.91 Å². The van der Waals surface area contributed by atoms with E-state index in [1.54, 1.807) is 18.2 Å². The van der Waals surface area contributed by atoms with Crippen LogP contribution < -0.4 is 16.0 Å². The first-order valence-electron chi connectivity index (χ1n) is 9.16. The minimum absolute atomic E-state index is 0.124. The van der Waals surface area contributed by atoms with Gasteiger partial charge in [0.25, 0.3) is 5.91 Å². The number of primary amides is 1. The Balaban J connectivity index is 1.81. The van der Waals surface area contributed by atoms with Crippen LogP contribution in [0.2, 0.25) is 5.02 Å². The highest BCUT2D eigenvalue weighted by atomic mass is 35.5. The van der Waals surface area contributed by atoms with Gasteiger partial charge in [0.15, 0.2) is 6.04 Å². The predicted octanol–water partition coefficient (Wildman–Crippen LogP) is 0.715. The number of halogens is 1. The highest BCUT2D eigenvalue weighted by molar-refractivity contribution is 6.31. The molecule has 1 aliphatic rings. The number of fused-ring (bicyclic) bond motifs is 1. The fourth-order valence-corrected chi connectivity index (χ4v) is 3.84. The van der Waals surface area contributed by atoms with Crippen molar-refractivity contribution in [3.8, 4) is 0 Å². The van der Waals surface area contributed by atoms with E-state index in [1.807, 2.05) is 6.92 Å². The molecule has 3 rings (SSSR count). The number of amides is 2. The fourth-order valence-electron chi connectivity index (χ4n) is 3.67. The van der Waals surface area contributed by atoms with E-state index in [-0.39, 0.29) is 29.5 Å². The lowest BCUT2D eigenvalue weighted by atomic mass is 9.95. The van der Waals surface area contributed by atoms with Gasteiger partial charge in [-0.05, 0) is 25.1 Å². The van der Waals surface area contributed by atoms with Gasteiger partial charge < -0.3 is 25.7 Å². The zero-order chi connectivity index (χ0) is 20.4. The number of hydrogen-bond donors (Lipinski definition) is 4. The predicted molar refractivity (Wildman–Crippen MR) is 105 cm³/mol. The molecule has 1 saturated heterocycles. The maximum atomic E-state index is 12.9. The largest absolute Gasteiger partial charge is 0.464 e. The molecule has 0 radical (unpaired) electrons. The van der Waals surface area contributed by atoms with Crippen molar-refractivity contribution in [2.75, 3.05) is 25.5 Å². The number of anilines is 1. The summed E-state index contributed by atoms with van der Waals surface area (Å²) in [6.45, 7) is 3.20. The van der Waals surface area contributed by atoms with E-state index in [9.17, 15) is 14.4 Å². The number of methoxy groups -OCH3 is 1. The number of aromatic amines is 1. The molecule has 1 atom stereocenters. The number of ether oxygens (including phenoxy) is 1. The van der Waals surface area contributed by atoms with Crippen LogP contribution in [0.15, 0.2) is 18.2 Å². The van der Waals surface area contributed by atoms with Gasteiger partial charge in [-0.1, -0.05) is 11.6 Å². The molecule has 1 aromatic heterocycles. The number of carbonyl (C=O) groups is 3. The first-order chi connectivity index (χ1) is 13.3. The number of nitrogens with one attached hydrogen (secondary N) is 3. The summed E-state index contributed by atoms with van der Waals surface area (Å²) in [5.41, 5.74) is 6.57. The minimum atomic E-state index is -0.579. The van der Waals surface area contributed by atoms with Crippen molar-refractivity contribution >= 4 is 46.0 Å². The van der Waals surface area contributed by atoms with E-state index < -0.39 is 5.97 Å². The average molecular weight is 408 g/mol. The molecule has 8 nitrogen and oxygen atoms in total. The molecule has 2 heterocycles. The third-order valence-corrected chi connectivity index (χ3v) is 5.67. The molecule has 1 aliphatic heterocycles. The van der Waals surface area contributed by atoms with E-state index in [1.165, 1.54) is 7.11 Å². The van der Waals surface area contributed by atoms with E-state index in [2.05, 4.69) is 10.3 Å². The van der Waals surface area contributed by atoms with Crippen molar-refractivity contribution in [1.29, 1.82) is 0 Å². The minimum Gasteiger partial charge on any atom is -0.464 e. The van der Waals surface area contributed by atoms with Crippen LogP contribution in [0.5, 0.6) is 0 Å². The Morgan fingerprint density at radius 2 is 2.00 bits per heavy atom. The van der Waals surface area contributed by atoms with Gasteiger partial charge in [0.05, 0.1) is 25.9 Å². The smallest absolute Gasteiger partial charge is 0.356 e. The number of nitrogens with two attached hydrogens (primary N) is 1. The van der Waals surface area contributed by atoms with Gasteiger partial charge in [-0.15, -0.1) is 0 Å². The van der Waals surface area contributed by atoms with Crippen molar-refractivity contribution in [1.82, 2.24) is 4.98 Å². The van der Waals surface area contributed by atoms with Crippen LogP contribution >= 0.6 is 11.6 Å². The number of piperidine rings is 1. The Bertz CT molecular complexity index is 918. The van der Waals surface area contributed by atoms with E-state index in [0.717, 1.165) is 4.90 Å². The van der Waals surface area contributed by atoms with Gasteiger partial charge in [-0.25, -0.2) is 4.79 Å². The molecule has 28 heavy (non-hydrogen) atoms. The molecule has 0 aliphatic carbocycles. The number of aromatic nitrogens is 1. The lowest BCUT2D eigenvalue weighted by Crippen LogP contribution is -3.17. The van der Waals surface area contributed by atoms with Gasteiger partial charge in [-0.3, -0.25) is 9.59 Å². The molecule has 2 amide bonds. The Hall–Kier alpha value is -2.58. The maximum absolute atomic E-state index is 12.9. The summed E-state index contributed by atoms with van der Waals surface area (Å²) in [7, 11) is 1.28. The number of rotatable bonds is 5. The number of benzene rings is 1. The van der Waals surface area contributed by atoms with Crippen molar-refractivity contribution < 1.29 is 24.0 Å². The van der Waals surface area contributed by atoms with Gasteiger partial charge >= 0.3 is 5.97 Å². The topological polar surface area (TPSA) is 119 Å². The zero-order valence-corrected chi connectivity index (χ0v) is 16.6. The number of carbonyl (C=O) groups excluding carboxylic acids is 3. The van der Waals surface area contributed by atoms with Crippen LogP contribution in [0.1, 0.15) is 30.3 Å². The summed E-state index contributed by atoms with van der Waals surface area (Å²) in [4.78, 5) is 40.4. The lowest BCUT2D eigenvalue weighted by molar-refractivity contribution is -0.919. The number of esters is 1. The first kappa shape index (κ1) is 20.2. The zero-order valence-electron chi connectivity index (χ0n) is 15.8. The standard InChI is InChI=1S/C19H23ClN4O4/c1-10(24-7-5-11(6-8-24)17(21)25)18(26)23-15-13-9-12(20)3-4-14(13)22-16(15)19(27)28-2/h3-4,9-11,22H,5-8H2,1-2H3,(H2,21,25)(H,23,26)/p+1/t10-/m0/s1. The molecule has 0 spiro atoms. The van der Waals surface area contributed by atoms with Crippen molar-refractivity contribution in [2.24, 2.45) is 11.7 Å². The van der Waals surface area contributed by atoms with E-state index >= 15 is 0 Å². The fraction of sp³-hybridized carbons (Fsp3) is 0.421. The number of likely N-dealkylation sites (tertiary alicyclic amines) is 1. The van der Waals surface area contributed by atoms with Crippen LogP contribution in [0.25, 0.3) is 10.9 Å². The molecule has 1 aromatic carbocycles. The van der Waals surface area contributed by atoms with Gasteiger partial charge in [0, 0.05) is 34.7 Å². The van der Waals surface area contributed by atoms with Crippen LogP contribution in [0, 0.1) is 5.92 Å². The second-order valence-electron chi connectivity index (χ2n) is 7.10. The van der Waals surface area contributed by atoms with Crippen molar-refractivity contribution in [3.05, 3.63) is 28.9 Å². The molecule has 0 bridgehead atoms. The van der Waals surface area contributed by atoms with Crippen molar-refractivity contribution in [2.45, 2.75) is 25.8 Å². The average Bonchev–Trinajstić information content (AvgIpc) is 3.04. The van der Waals surface area contributed by atoms with Crippen LogP contribution in [0.3, 0.4) is 0 Å². The highest BCUT2D eigenvalue weighted by Crippen LogP contribution is 2.30. The van der Waals surface area contributed by atoms with Crippen molar-refractivity contribution in [3.63, 3.8) is 0 Å². The monoisotopic (exact) mass is 407 g/mol. The Kier molecular flexibility index (Phi) is 5.90. The molecule has 0 saturated carbocycles. The summed E-state index contributed by atoms with van der Waals surface area (Å²) in [6.07, 6.45) is 1.33. The molecule has 150 valence electrons. The molecule has 2 aromatic rings. The molecule has 5 N–H and O–H groups in total. The molecule has 0 unspecified atom stereocenters. The summed E-state index contributed by atoms with van der Waals surface area (Å²) in [5, 5.41) is 3.99. The summed E-state index contributed by atoms with van der Waals surface area (Å²) in [5.74, 6) is -1.21. The number of H-pyrrole nitrogens is 1. The molecular formula is C19H24ClN4O4+. The van der Waals surface area contributed by atoms with E-state index in [0.29, 0.717) is 47.5 Å². The number of quaternary nitrogens is 1. The second-order valence-corrected chi connectivity index (χ2v) is 7.54. The second kappa shape index (κ2) is 8.20. The Morgan fingerprint density at radius 3 is 2.61 bits per heavy atom. The summed E-state index contributed by atoms with van der Waals surface area (Å²) >= 11 is 6.09. The summed E-state index contributed by atoms with van der Waals surface area (Å²) < 4.78 is 4.83. The third kappa shape index (κ3) is 3.98. The third-order valence-electron chi connectivity index (χ3n) is 5.43. The SMILES string of the molecule is COC(=O)c1[nH]c2ccc(Cl)cc2c1NC(=O)[C@H](C)[NH+]1CCC(C(N)=O)CC1. The van der Waals surface area contributed by atoms with Crippen LogP contribution in [0.4, 0.5) is 5.69 Å². The maximum Gasteiger partial charge on any atom is 0.356 e. The lowest BCUT2D eigenvalue weighted by Gasteiger charge is -2.31. The van der Waals surface area contributed by atoms with Gasteiger partial charge in [0.1, 0.15) is 5.69 Å². The molecule has 9 heteroatoms. The molecular weight excluding hydrogens is 384 g/mol. The number of hydrogen-bond acceptors (Lipinski definition) is 4. The quantitative estimate of drug-likeness (QED) is 0.546. The van der Waals surface area contributed by atoms with Gasteiger partial charge in [-0.2, -0.15) is 0 Å². The van der Waals surface area contributed by atoms with Crippen LogP contribution in [-0.4, -0.2) is 49.0 Å². The van der Waals surface area contributed by atoms with E-state index in [4.69, 9.17) is 22.1 Å². The van der Waals surface area contributed by atoms with Crippen LogP contribution in [-0.2, 0) is 14.3 Å². The molecule has 1 fully saturated rings. The first-order valence-corrected chi connectivity index (χ1v) is 9.54. The summed E-state index contributed by atoms with van der Waals surface area (Å²) in [6, 6.07) is 4.76. The Labute approximate surface area is 167 Å². The normalized spacial score (nSPS) is 20.5.